The Labute approximate surface area is 134 Å². The molecular weight excluding hydrogens is 330 g/mol. The zero-order valence-electron chi connectivity index (χ0n) is 11.9. The standard InChI is InChI=1S/C17H22BrNS/c1-2-9-19-17(7-6-14-8-10-20-13-14)12-15-4-3-5-16(18)11-15/h3-5,8,10-11,13,17,19H,2,6-7,9,12H2,1H3. The first kappa shape index (κ1) is 15.7. The molecule has 1 atom stereocenters. The van der Waals surface area contributed by atoms with E-state index in [4.69, 9.17) is 0 Å². The van der Waals surface area contributed by atoms with Crippen molar-refractivity contribution < 1.29 is 0 Å². The van der Waals surface area contributed by atoms with Crippen LogP contribution >= 0.6 is 27.3 Å². The zero-order valence-corrected chi connectivity index (χ0v) is 14.3. The molecule has 0 saturated carbocycles. The van der Waals surface area contributed by atoms with Crippen LogP contribution in [0.4, 0.5) is 0 Å². The second kappa shape index (κ2) is 8.60. The van der Waals surface area contributed by atoms with Gasteiger partial charge in [-0.1, -0.05) is 35.0 Å². The molecule has 3 heteroatoms. The lowest BCUT2D eigenvalue weighted by atomic mass is 10.00. The lowest BCUT2D eigenvalue weighted by Gasteiger charge is -2.18. The first-order chi connectivity index (χ1) is 9.78. The van der Waals surface area contributed by atoms with Gasteiger partial charge in [-0.15, -0.1) is 0 Å². The quantitative estimate of drug-likeness (QED) is 0.701. The third-order valence-electron chi connectivity index (χ3n) is 3.42. The molecule has 0 fully saturated rings. The van der Waals surface area contributed by atoms with Gasteiger partial charge < -0.3 is 5.32 Å². The molecule has 1 aromatic heterocycles. The van der Waals surface area contributed by atoms with Crippen molar-refractivity contribution in [3.63, 3.8) is 0 Å². The molecule has 0 aliphatic heterocycles. The van der Waals surface area contributed by atoms with Gasteiger partial charge in [-0.05, 0) is 72.3 Å². The summed E-state index contributed by atoms with van der Waals surface area (Å²) >= 11 is 5.34. The second-order valence-electron chi connectivity index (χ2n) is 5.16. The van der Waals surface area contributed by atoms with E-state index in [2.05, 4.69) is 69.3 Å². The van der Waals surface area contributed by atoms with Crippen molar-refractivity contribution in [2.75, 3.05) is 6.54 Å². The van der Waals surface area contributed by atoms with Gasteiger partial charge in [0.15, 0.2) is 0 Å². The molecule has 1 nitrogen and oxygen atoms in total. The molecule has 0 amide bonds. The minimum absolute atomic E-state index is 0.559. The SMILES string of the molecule is CCCNC(CCc1ccsc1)Cc1cccc(Br)c1. The van der Waals surface area contributed by atoms with Gasteiger partial charge in [0.05, 0.1) is 0 Å². The lowest BCUT2D eigenvalue weighted by Crippen LogP contribution is -2.32. The number of rotatable bonds is 8. The van der Waals surface area contributed by atoms with Crippen LogP contribution in [0.2, 0.25) is 0 Å². The van der Waals surface area contributed by atoms with Crippen molar-refractivity contribution in [3.05, 3.63) is 56.7 Å². The van der Waals surface area contributed by atoms with E-state index >= 15 is 0 Å². The fourth-order valence-electron chi connectivity index (χ4n) is 2.35. The molecule has 1 aromatic carbocycles. The highest BCUT2D eigenvalue weighted by Crippen LogP contribution is 2.16. The van der Waals surface area contributed by atoms with E-state index in [9.17, 15) is 0 Å². The van der Waals surface area contributed by atoms with E-state index in [1.807, 2.05) is 0 Å². The van der Waals surface area contributed by atoms with Crippen LogP contribution in [-0.4, -0.2) is 12.6 Å². The van der Waals surface area contributed by atoms with Gasteiger partial charge in [0.1, 0.15) is 0 Å². The topological polar surface area (TPSA) is 12.0 Å². The van der Waals surface area contributed by atoms with Gasteiger partial charge in [-0.3, -0.25) is 0 Å². The van der Waals surface area contributed by atoms with Crippen LogP contribution in [0.25, 0.3) is 0 Å². The van der Waals surface area contributed by atoms with Crippen molar-refractivity contribution >= 4 is 27.3 Å². The highest BCUT2D eigenvalue weighted by Gasteiger charge is 2.09. The highest BCUT2D eigenvalue weighted by molar-refractivity contribution is 9.10. The van der Waals surface area contributed by atoms with E-state index in [1.165, 1.54) is 34.9 Å². The van der Waals surface area contributed by atoms with Crippen LogP contribution in [0, 0.1) is 0 Å². The van der Waals surface area contributed by atoms with Crippen molar-refractivity contribution in [2.24, 2.45) is 0 Å². The average molecular weight is 352 g/mol. The number of nitrogens with one attached hydrogen (secondary N) is 1. The maximum absolute atomic E-state index is 3.69. The Balaban J connectivity index is 1.92. The maximum Gasteiger partial charge on any atom is 0.0178 e. The summed E-state index contributed by atoms with van der Waals surface area (Å²) in [6.07, 6.45) is 4.65. The Morgan fingerprint density at radius 2 is 2.15 bits per heavy atom. The van der Waals surface area contributed by atoms with Gasteiger partial charge in [-0.25, -0.2) is 0 Å². The summed E-state index contributed by atoms with van der Waals surface area (Å²) in [7, 11) is 0. The Bertz CT molecular complexity index is 495. The molecule has 0 radical (unpaired) electrons. The maximum atomic E-state index is 3.69. The monoisotopic (exact) mass is 351 g/mol. The van der Waals surface area contributed by atoms with Gasteiger partial charge in [0, 0.05) is 10.5 Å². The molecule has 0 spiro atoms. The Kier molecular flexibility index (Phi) is 6.77. The van der Waals surface area contributed by atoms with Crippen LogP contribution in [0.15, 0.2) is 45.6 Å². The van der Waals surface area contributed by atoms with E-state index in [1.54, 1.807) is 11.3 Å². The summed E-state index contributed by atoms with van der Waals surface area (Å²) in [4.78, 5) is 0. The van der Waals surface area contributed by atoms with Crippen molar-refractivity contribution in [1.82, 2.24) is 5.32 Å². The smallest absolute Gasteiger partial charge is 0.0178 e. The summed E-state index contributed by atoms with van der Waals surface area (Å²) < 4.78 is 1.17. The predicted octanol–water partition coefficient (Wildman–Crippen LogP) is 5.05. The summed E-state index contributed by atoms with van der Waals surface area (Å²) in [6.45, 7) is 3.32. The molecular formula is C17H22BrNS. The molecule has 0 saturated heterocycles. The van der Waals surface area contributed by atoms with Crippen molar-refractivity contribution in [2.45, 2.75) is 38.6 Å². The Morgan fingerprint density at radius 1 is 1.25 bits per heavy atom. The number of hydrogen-bond acceptors (Lipinski definition) is 2. The van der Waals surface area contributed by atoms with Crippen LogP contribution in [0.3, 0.4) is 0 Å². The van der Waals surface area contributed by atoms with E-state index in [-0.39, 0.29) is 0 Å². The first-order valence-corrected chi connectivity index (χ1v) is 9.00. The second-order valence-corrected chi connectivity index (χ2v) is 6.85. The summed E-state index contributed by atoms with van der Waals surface area (Å²) in [6, 6.07) is 11.4. The molecule has 1 unspecified atom stereocenters. The molecule has 0 aliphatic rings. The molecule has 1 N–H and O–H groups in total. The molecule has 1 heterocycles. The van der Waals surface area contributed by atoms with E-state index in [0.717, 1.165) is 13.0 Å². The van der Waals surface area contributed by atoms with Crippen LogP contribution in [-0.2, 0) is 12.8 Å². The normalized spacial score (nSPS) is 12.5. The fourth-order valence-corrected chi connectivity index (χ4v) is 3.50. The minimum atomic E-state index is 0.559. The zero-order chi connectivity index (χ0) is 14.2. The summed E-state index contributed by atoms with van der Waals surface area (Å²) in [5, 5.41) is 8.11. The molecule has 108 valence electrons. The van der Waals surface area contributed by atoms with Crippen molar-refractivity contribution in [1.29, 1.82) is 0 Å². The van der Waals surface area contributed by atoms with E-state index in [0.29, 0.717) is 6.04 Å². The van der Waals surface area contributed by atoms with Gasteiger partial charge in [0.25, 0.3) is 0 Å². The van der Waals surface area contributed by atoms with E-state index < -0.39 is 0 Å². The van der Waals surface area contributed by atoms with Crippen molar-refractivity contribution in [3.8, 4) is 0 Å². The fraction of sp³-hybridized carbons (Fsp3) is 0.412. The molecule has 0 bridgehead atoms. The molecule has 2 rings (SSSR count). The molecule has 20 heavy (non-hydrogen) atoms. The first-order valence-electron chi connectivity index (χ1n) is 7.27. The lowest BCUT2D eigenvalue weighted by molar-refractivity contribution is 0.478. The summed E-state index contributed by atoms with van der Waals surface area (Å²) in [5.74, 6) is 0. The number of halogens is 1. The van der Waals surface area contributed by atoms with Gasteiger partial charge >= 0.3 is 0 Å². The number of hydrogen-bond donors (Lipinski definition) is 1. The highest BCUT2D eigenvalue weighted by atomic mass is 79.9. The minimum Gasteiger partial charge on any atom is -0.314 e. The average Bonchev–Trinajstić information content (AvgIpc) is 2.95. The molecule has 2 aromatic rings. The number of aryl methyl sites for hydroxylation is 1. The Hall–Kier alpha value is -0.640. The van der Waals surface area contributed by atoms with Gasteiger partial charge in [-0.2, -0.15) is 11.3 Å². The molecule has 0 aliphatic carbocycles. The Morgan fingerprint density at radius 3 is 2.85 bits per heavy atom. The van der Waals surface area contributed by atoms with Crippen LogP contribution in [0.5, 0.6) is 0 Å². The van der Waals surface area contributed by atoms with Gasteiger partial charge in [0.2, 0.25) is 0 Å². The third kappa shape index (κ3) is 5.39. The third-order valence-corrected chi connectivity index (χ3v) is 4.64. The summed E-state index contributed by atoms with van der Waals surface area (Å²) in [5.41, 5.74) is 2.87. The number of thiophene rings is 1. The number of benzene rings is 1. The van der Waals surface area contributed by atoms with Crippen LogP contribution in [0.1, 0.15) is 30.9 Å². The van der Waals surface area contributed by atoms with Crippen LogP contribution < -0.4 is 5.32 Å². The predicted molar refractivity (Wildman–Crippen MR) is 92.6 cm³/mol. The largest absolute Gasteiger partial charge is 0.314 e.